The Bertz CT molecular complexity index is 448. The molecule has 2 rings (SSSR count). The highest BCUT2D eigenvalue weighted by Gasteiger charge is 2.11. The molecule has 2 heterocycles. The molecule has 1 N–H and O–H groups in total. The zero-order valence-electron chi connectivity index (χ0n) is 9.47. The molecule has 0 amide bonds. The predicted octanol–water partition coefficient (Wildman–Crippen LogP) is 0.622. The van der Waals surface area contributed by atoms with Crippen molar-refractivity contribution in [3.8, 4) is 11.6 Å². The molecular weight excluding hydrogens is 206 g/mol. The van der Waals surface area contributed by atoms with E-state index in [0.29, 0.717) is 11.7 Å². The molecule has 0 aliphatic rings. The van der Waals surface area contributed by atoms with Gasteiger partial charge in [0.1, 0.15) is 0 Å². The van der Waals surface area contributed by atoms with E-state index >= 15 is 0 Å². The molecule has 0 radical (unpaired) electrons. The Morgan fingerprint density at radius 3 is 3.06 bits per heavy atom. The molecule has 86 valence electrons. The molecule has 0 bridgehead atoms. The monoisotopic (exact) mass is 221 g/mol. The first kappa shape index (κ1) is 10.8. The van der Waals surface area contributed by atoms with Crippen LogP contribution in [0.4, 0.5) is 0 Å². The van der Waals surface area contributed by atoms with Crippen LogP contribution in [0.1, 0.15) is 12.8 Å². The molecule has 0 fully saturated rings. The minimum absolute atomic E-state index is 0.541. The molecule has 6 heteroatoms. The Hall–Kier alpha value is -1.69. The molecule has 0 aliphatic carbocycles. The van der Waals surface area contributed by atoms with Crippen molar-refractivity contribution in [2.45, 2.75) is 13.3 Å². The van der Waals surface area contributed by atoms with Gasteiger partial charge in [0.05, 0.1) is 0 Å². The largest absolute Gasteiger partial charge is 0.339 e. The van der Waals surface area contributed by atoms with Gasteiger partial charge >= 0.3 is 0 Å². The van der Waals surface area contributed by atoms with Gasteiger partial charge in [0, 0.05) is 32.4 Å². The summed E-state index contributed by atoms with van der Waals surface area (Å²) in [6.45, 7) is 3.85. The van der Waals surface area contributed by atoms with Gasteiger partial charge in [0.15, 0.2) is 5.82 Å². The Morgan fingerprint density at radius 1 is 1.50 bits per heavy atom. The van der Waals surface area contributed by atoms with E-state index in [1.807, 2.05) is 17.8 Å². The molecule has 2 aromatic heterocycles. The normalized spacial score (nSPS) is 10.9. The van der Waals surface area contributed by atoms with Crippen LogP contribution in [0, 0.1) is 0 Å². The number of likely N-dealkylation sites (N-methyl/N-ethyl adjacent to an activating group) is 1. The predicted molar refractivity (Wildman–Crippen MR) is 58.7 cm³/mol. The molecule has 0 aliphatic heterocycles. The summed E-state index contributed by atoms with van der Waals surface area (Å²) in [6.07, 6.45) is 4.30. The molecule has 16 heavy (non-hydrogen) atoms. The van der Waals surface area contributed by atoms with Crippen LogP contribution >= 0.6 is 0 Å². The van der Waals surface area contributed by atoms with Crippen LogP contribution in [0.5, 0.6) is 0 Å². The Morgan fingerprint density at radius 2 is 2.38 bits per heavy atom. The molecule has 2 aromatic rings. The zero-order chi connectivity index (χ0) is 11.4. The summed E-state index contributed by atoms with van der Waals surface area (Å²) in [5, 5.41) is 7.10. The fourth-order valence-electron chi connectivity index (χ4n) is 1.40. The maximum absolute atomic E-state index is 5.14. The zero-order valence-corrected chi connectivity index (χ0v) is 9.47. The first-order valence-corrected chi connectivity index (χ1v) is 5.32. The van der Waals surface area contributed by atoms with Crippen molar-refractivity contribution in [2.24, 2.45) is 7.05 Å². The van der Waals surface area contributed by atoms with Gasteiger partial charge in [-0.05, 0) is 6.54 Å². The van der Waals surface area contributed by atoms with Gasteiger partial charge in [0.2, 0.25) is 11.7 Å². The van der Waals surface area contributed by atoms with Gasteiger partial charge in [-0.1, -0.05) is 12.1 Å². The minimum atomic E-state index is 0.541. The average molecular weight is 221 g/mol. The highest BCUT2D eigenvalue weighted by Crippen LogP contribution is 2.12. The van der Waals surface area contributed by atoms with Crippen molar-refractivity contribution in [3.63, 3.8) is 0 Å². The number of imidazole rings is 1. The van der Waals surface area contributed by atoms with Crippen molar-refractivity contribution < 1.29 is 4.52 Å². The lowest BCUT2D eigenvalue weighted by atomic mass is 10.4. The Labute approximate surface area is 93.7 Å². The van der Waals surface area contributed by atoms with Crippen molar-refractivity contribution in [1.82, 2.24) is 25.0 Å². The van der Waals surface area contributed by atoms with Crippen LogP contribution in [0.25, 0.3) is 11.6 Å². The maximum Gasteiger partial charge on any atom is 0.238 e. The second-order valence-corrected chi connectivity index (χ2v) is 3.48. The van der Waals surface area contributed by atoms with E-state index in [9.17, 15) is 0 Å². The average Bonchev–Trinajstić information content (AvgIpc) is 2.87. The summed E-state index contributed by atoms with van der Waals surface area (Å²) in [5.74, 6) is 1.90. The first-order chi connectivity index (χ1) is 7.81. The second-order valence-electron chi connectivity index (χ2n) is 3.48. The van der Waals surface area contributed by atoms with Crippen molar-refractivity contribution in [1.29, 1.82) is 0 Å². The van der Waals surface area contributed by atoms with Gasteiger partial charge in [-0.15, -0.1) is 0 Å². The topological polar surface area (TPSA) is 68.8 Å². The first-order valence-electron chi connectivity index (χ1n) is 5.32. The fourth-order valence-corrected chi connectivity index (χ4v) is 1.40. The third kappa shape index (κ3) is 2.27. The smallest absolute Gasteiger partial charge is 0.238 e. The highest BCUT2D eigenvalue weighted by molar-refractivity contribution is 5.42. The lowest BCUT2D eigenvalue weighted by Gasteiger charge is -1.95. The molecular formula is C10H15N5O. The molecule has 6 nitrogen and oxygen atoms in total. The van der Waals surface area contributed by atoms with Gasteiger partial charge in [0.25, 0.3) is 0 Å². The van der Waals surface area contributed by atoms with E-state index in [1.54, 1.807) is 6.20 Å². The van der Waals surface area contributed by atoms with E-state index in [0.717, 1.165) is 25.3 Å². The van der Waals surface area contributed by atoms with Crippen LogP contribution in [0.15, 0.2) is 16.9 Å². The fraction of sp³-hybridized carbons (Fsp3) is 0.500. The summed E-state index contributed by atoms with van der Waals surface area (Å²) in [6, 6.07) is 0. The molecule has 0 atom stereocenters. The highest BCUT2D eigenvalue weighted by atomic mass is 16.5. The molecule has 0 aromatic carbocycles. The Balaban J connectivity index is 2.05. The Kier molecular flexibility index (Phi) is 3.31. The summed E-state index contributed by atoms with van der Waals surface area (Å²) >= 11 is 0. The number of aromatic nitrogens is 4. The number of hydrogen-bond donors (Lipinski definition) is 1. The number of nitrogens with zero attached hydrogens (tertiary/aromatic N) is 4. The summed E-state index contributed by atoms with van der Waals surface area (Å²) in [7, 11) is 1.90. The number of rotatable bonds is 5. The number of hydrogen-bond acceptors (Lipinski definition) is 5. The van der Waals surface area contributed by atoms with Crippen LogP contribution in [0.2, 0.25) is 0 Å². The van der Waals surface area contributed by atoms with E-state index in [4.69, 9.17) is 4.52 Å². The van der Waals surface area contributed by atoms with Crippen molar-refractivity contribution >= 4 is 0 Å². The standard InChI is InChI=1S/C10H15N5O/c1-3-11-5-4-8-13-9(14-16-8)10-12-6-7-15(10)2/h6-7,11H,3-5H2,1-2H3. The van der Waals surface area contributed by atoms with Crippen LogP contribution in [-0.4, -0.2) is 32.8 Å². The quantitative estimate of drug-likeness (QED) is 0.750. The molecule has 0 spiro atoms. The van der Waals surface area contributed by atoms with E-state index in [-0.39, 0.29) is 0 Å². The molecule has 0 saturated heterocycles. The molecule has 0 saturated carbocycles. The third-order valence-corrected chi connectivity index (χ3v) is 2.25. The van der Waals surface area contributed by atoms with E-state index < -0.39 is 0 Å². The van der Waals surface area contributed by atoms with Gasteiger partial charge < -0.3 is 14.4 Å². The van der Waals surface area contributed by atoms with Crippen LogP contribution in [0.3, 0.4) is 0 Å². The number of aryl methyl sites for hydroxylation is 1. The van der Waals surface area contributed by atoms with Gasteiger partial charge in [-0.2, -0.15) is 4.98 Å². The SMILES string of the molecule is CCNCCc1nc(-c2nccn2C)no1. The lowest BCUT2D eigenvalue weighted by molar-refractivity contribution is 0.376. The lowest BCUT2D eigenvalue weighted by Crippen LogP contribution is -2.16. The van der Waals surface area contributed by atoms with Gasteiger partial charge in [-0.25, -0.2) is 4.98 Å². The maximum atomic E-state index is 5.14. The second kappa shape index (κ2) is 4.89. The van der Waals surface area contributed by atoms with E-state index in [2.05, 4.69) is 27.4 Å². The summed E-state index contributed by atoms with van der Waals surface area (Å²) in [4.78, 5) is 8.44. The third-order valence-electron chi connectivity index (χ3n) is 2.25. The molecule has 0 unspecified atom stereocenters. The summed E-state index contributed by atoms with van der Waals surface area (Å²) in [5.41, 5.74) is 0. The van der Waals surface area contributed by atoms with Gasteiger partial charge in [-0.3, -0.25) is 0 Å². The number of nitrogens with one attached hydrogen (secondary N) is 1. The van der Waals surface area contributed by atoms with Crippen molar-refractivity contribution in [2.75, 3.05) is 13.1 Å². The van der Waals surface area contributed by atoms with Crippen molar-refractivity contribution in [3.05, 3.63) is 18.3 Å². The minimum Gasteiger partial charge on any atom is -0.339 e. The van der Waals surface area contributed by atoms with Crippen LogP contribution in [-0.2, 0) is 13.5 Å². The van der Waals surface area contributed by atoms with E-state index in [1.165, 1.54) is 0 Å². The van der Waals surface area contributed by atoms with Crippen LogP contribution < -0.4 is 5.32 Å². The summed E-state index contributed by atoms with van der Waals surface area (Å²) < 4.78 is 7.00.